The van der Waals surface area contributed by atoms with Gasteiger partial charge in [0.2, 0.25) is 5.78 Å². The molecule has 0 atom stereocenters. The average Bonchev–Trinajstić information content (AvgIpc) is 3.01. The number of ketones is 1. The van der Waals surface area contributed by atoms with Gasteiger partial charge in [-0.1, -0.05) is 41.4 Å². The number of Topliss-reactive ketones (excluding diaryl/α,β-unsaturated/α-hetero) is 1. The summed E-state index contributed by atoms with van der Waals surface area (Å²) in [5.41, 5.74) is 2.51. The highest BCUT2D eigenvalue weighted by atomic mass is 35.5. The minimum atomic E-state index is -0.342. The van der Waals surface area contributed by atoms with Crippen LogP contribution in [0.25, 0.3) is 6.08 Å². The van der Waals surface area contributed by atoms with E-state index in [0.29, 0.717) is 43.8 Å². The monoisotopic (exact) mass is 428 g/mol. The Hall–Kier alpha value is -2.82. The molecule has 1 aliphatic heterocycles. The van der Waals surface area contributed by atoms with E-state index in [-0.39, 0.29) is 24.0 Å². The van der Waals surface area contributed by atoms with Crippen LogP contribution < -0.4 is 9.47 Å². The third-order valence-electron chi connectivity index (χ3n) is 4.64. The van der Waals surface area contributed by atoms with E-state index in [0.717, 1.165) is 0 Å². The van der Waals surface area contributed by atoms with E-state index in [2.05, 4.69) is 0 Å². The lowest BCUT2D eigenvalue weighted by atomic mass is 10.1. The summed E-state index contributed by atoms with van der Waals surface area (Å²) in [6.45, 7) is 2.00. The quantitative estimate of drug-likeness (QED) is 0.437. The fraction of sp³-hybridized carbons (Fsp3) is 0.0870. The maximum atomic E-state index is 13.1. The Morgan fingerprint density at radius 1 is 1.03 bits per heavy atom. The topological polar surface area (TPSA) is 35.5 Å². The van der Waals surface area contributed by atoms with Crippen molar-refractivity contribution in [2.75, 3.05) is 0 Å². The number of ether oxygens (including phenoxy) is 2. The molecule has 29 heavy (non-hydrogen) atoms. The number of allylic oxidation sites excluding steroid dienone is 1. The zero-order valence-electron chi connectivity index (χ0n) is 15.3. The van der Waals surface area contributed by atoms with Crippen LogP contribution in [-0.4, -0.2) is 5.78 Å². The van der Waals surface area contributed by atoms with Crippen molar-refractivity contribution in [3.05, 3.63) is 98.5 Å². The van der Waals surface area contributed by atoms with Crippen LogP contribution in [0.5, 0.6) is 11.5 Å². The molecule has 4 rings (SSSR count). The van der Waals surface area contributed by atoms with E-state index in [4.69, 9.17) is 32.7 Å². The van der Waals surface area contributed by atoms with Gasteiger partial charge >= 0.3 is 0 Å². The van der Waals surface area contributed by atoms with Crippen LogP contribution in [0.15, 0.2) is 60.4 Å². The van der Waals surface area contributed by atoms with Gasteiger partial charge in [0.1, 0.15) is 23.9 Å². The smallest absolute Gasteiger partial charge is 0.231 e. The molecule has 3 nitrogen and oxygen atoms in total. The fourth-order valence-electron chi connectivity index (χ4n) is 3.05. The molecule has 0 bridgehead atoms. The van der Waals surface area contributed by atoms with Crippen LogP contribution in [0.4, 0.5) is 4.39 Å². The summed E-state index contributed by atoms with van der Waals surface area (Å²) in [5, 5.41) is 1.04. The van der Waals surface area contributed by atoms with Gasteiger partial charge in [0.15, 0.2) is 5.76 Å². The van der Waals surface area contributed by atoms with Crippen molar-refractivity contribution >= 4 is 35.1 Å². The molecule has 0 spiro atoms. The summed E-state index contributed by atoms with van der Waals surface area (Å²) in [6.07, 6.45) is 1.59. The van der Waals surface area contributed by atoms with Crippen molar-refractivity contribution in [1.29, 1.82) is 0 Å². The normalized spacial score (nSPS) is 14.1. The Kier molecular flexibility index (Phi) is 5.31. The van der Waals surface area contributed by atoms with E-state index in [1.54, 1.807) is 48.5 Å². The maximum Gasteiger partial charge on any atom is 0.231 e. The molecule has 0 aliphatic carbocycles. The van der Waals surface area contributed by atoms with Crippen molar-refractivity contribution in [2.45, 2.75) is 13.5 Å². The third kappa shape index (κ3) is 3.86. The first-order chi connectivity index (χ1) is 13.9. The van der Waals surface area contributed by atoms with E-state index in [9.17, 15) is 9.18 Å². The zero-order valence-corrected chi connectivity index (χ0v) is 16.9. The van der Waals surface area contributed by atoms with Crippen molar-refractivity contribution in [2.24, 2.45) is 0 Å². The molecular weight excluding hydrogens is 414 g/mol. The van der Waals surface area contributed by atoms with Gasteiger partial charge in [-0.25, -0.2) is 4.39 Å². The van der Waals surface area contributed by atoms with Crippen LogP contribution in [0.3, 0.4) is 0 Å². The first-order valence-electron chi connectivity index (χ1n) is 8.83. The number of hydrogen-bond donors (Lipinski definition) is 0. The molecule has 0 N–H and O–H groups in total. The molecule has 0 unspecified atom stereocenters. The Morgan fingerprint density at radius 2 is 1.72 bits per heavy atom. The number of halogens is 3. The highest BCUT2D eigenvalue weighted by Gasteiger charge is 2.30. The van der Waals surface area contributed by atoms with Crippen LogP contribution in [0.2, 0.25) is 10.0 Å². The van der Waals surface area contributed by atoms with Gasteiger partial charge in [0.25, 0.3) is 0 Å². The van der Waals surface area contributed by atoms with Crippen molar-refractivity contribution in [3.8, 4) is 11.5 Å². The Bertz CT molecular complexity index is 1120. The van der Waals surface area contributed by atoms with Gasteiger partial charge < -0.3 is 9.47 Å². The SMILES string of the molecule is Cc1c(OCc2c(Cl)cccc2Cl)ccc2c1O/C(=C\c1ccc(F)cc1)C2=O. The average molecular weight is 429 g/mol. The van der Waals surface area contributed by atoms with Crippen molar-refractivity contribution in [1.82, 2.24) is 0 Å². The van der Waals surface area contributed by atoms with E-state index >= 15 is 0 Å². The van der Waals surface area contributed by atoms with E-state index < -0.39 is 0 Å². The number of fused-ring (bicyclic) bond motifs is 1. The molecule has 0 aromatic heterocycles. The summed E-state index contributed by atoms with van der Waals surface area (Å²) in [6, 6.07) is 14.5. The van der Waals surface area contributed by atoms with Crippen LogP contribution >= 0.6 is 23.2 Å². The minimum Gasteiger partial charge on any atom is -0.488 e. The molecule has 0 saturated carbocycles. The van der Waals surface area contributed by atoms with E-state index in [1.807, 2.05) is 6.92 Å². The Morgan fingerprint density at radius 3 is 2.41 bits per heavy atom. The summed E-state index contributed by atoms with van der Waals surface area (Å²) in [4.78, 5) is 12.7. The predicted octanol–water partition coefficient (Wildman–Crippen LogP) is 6.64. The summed E-state index contributed by atoms with van der Waals surface area (Å²) < 4.78 is 24.8. The van der Waals surface area contributed by atoms with Gasteiger partial charge in [0, 0.05) is 21.2 Å². The second kappa shape index (κ2) is 7.90. The summed E-state index contributed by atoms with van der Waals surface area (Å²) >= 11 is 12.4. The molecule has 3 aromatic rings. The number of benzene rings is 3. The zero-order chi connectivity index (χ0) is 20.5. The number of carbonyl (C=O) groups excluding carboxylic acids is 1. The molecule has 0 saturated heterocycles. The lowest BCUT2D eigenvalue weighted by Gasteiger charge is -2.13. The molecule has 0 radical (unpaired) electrons. The second-order valence-corrected chi connectivity index (χ2v) is 7.36. The van der Waals surface area contributed by atoms with Crippen LogP contribution in [0.1, 0.15) is 27.0 Å². The van der Waals surface area contributed by atoms with Gasteiger partial charge in [-0.05, 0) is 55.0 Å². The minimum absolute atomic E-state index is 0.181. The first kappa shape index (κ1) is 19.5. The molecular formula is C23H15Cl2FO3. The van der Waals surface area contributed by atoms with Gasteiger partial charge in [-0.2, -0.15) is 0 Å². The third-order valence-corrected chi connectivity index (χ3v) is 5.35. The molecule has 6 heteroatoms. The summed E-state index contributed by atoms with van der Waals surface area (Å²) in [7, 11) is 0. The Balaban J connectivity index is 1.59. The lowest BCUT2D eigenvalue weighted by Crippen LogP contribution is -2.00. The second-order valence-electron chi connectivity index (χ2n) is 6.55. The lowest BCUT2D eigenvalue weighted by molar-refractivity contribution is 0.101. The van der Waals surface area contributed by atoms with Crippen LogP contribution in [-0.2, 0) is 6.61 Å². The predicted molar refractivity (Wildman–Crippen MR) is 111 cm³/mol. The molecule has 146 valence electrons. The first-order valence-corrected chi connectivity index (χ1v) is 9.59. The summed E-state index contributed by atoms with van der Waals surface area (Å²) in [5.74, 6) is 0.626. The Labute approximate surface area is 177 Å². The molecule has 3 aromatic carbocycles. The molecule has 1 aliphatic rings. The molecule has 0 amide bonds. The molecule has 0 fully saturated rings. The van der Waals surface area contributed by atoms with Crippen molar-refractivity contribution < 1.29 is 18.7 Å². The molecule has 1 heterocycles. The maximum absolute atomic E-state index is 13.1. The highest BCUT2D eigenvalue weighted by molar-refractivity contribution is 6.35. The number of carbonyl (C=O) groups is 1. The highest BCUT2D eigenvalue weighted by Crippen LogP contribution is 2.39. The number of hydrogen-bond acceptors (Lipinski definition) is 3. The fourth-order valence-corrected chi connectivity index (χ4v) is 3.56. The number of rotatable bonds is 4. The van der Waals surface area contributed by atoms with Gasteiger partial charge in [-0.15, -0.1) is 0 Å². The van der Waals surface area contributed by atoms with Crippen LogP contribution in [0, 0.1) is 12.7 Å². The van der Waals surface area contributed by atoms with E-state index in [1.165, 1.54) is 12.1 Å². The van der Waals surface area contributed by atoms with Gasteiger partial charge in [-0.3, -0.25) is 4.79 Å². The van der Waals surface area contributed by atoms with Gasteiger partial charge in [0.05, 0.1) is 5.56 Å². The van der Waals surface area contributed by atoms with Crippen molar-refractivity contribution in [3.63, 3.8) is 0 Å². The largest absolute Gasteiger partial charge is 0.488 e. The standard InChI is InChI=1S/C23H15Cl2FO3/c1-13-20(28-12-17-18(24)3-2-4-19(17)25)10-9-16-22(27)21(29-23(13)16)11-14-5-7-15(26)8-6-14/h2-11H,12H2,1H3/b21-11-.